The van der Waals surface area contributed by atoms with Gasteiger partial charge >= 0.3 is 59.1 Å². The Balaban J connectivity index is 0.00000272. The standard InChI is InChI=1S/C21H21N4O5P.2Na/c1-29-18-16(9-8-13-6-4-3-5-7-13)14(10-15-12-24-21(23)25-20(15)22)11-17(19(18)30-2)31(26,27)28;;/h3-7,11-12H,10H2,1-2H3,(H2,26,27,28)(H4,22,23,24,25);;/q;2*+1/p-2. The number of nitrogens with two attached hydrogens (primary N) is 2. The first kappa shape index (κ1) is 29.5. The first-order valence-corrected chi connectivity index (χ1v) is 10.5. The molecule has 0 aliphatic heterocycles. The molecule has 12 heteroatoms. The molecule has 2 aromatic carbocycles. The molecule has 0 fully saturated rings. The van der Waals surface area contributed by atoms with Gasteiger partial charge in [-0.2, -0.15) is 4.98 Å². The van der Waals surface area contributed by atoms with Gasteiger partial charge in [0.15, 0.2) is 11.5 Å². The number of aromatic nitrogens is 2. The van der Waals surface area contributed by atoms with Gasteiger partial charge in [0.1, 0.15) is 5.82 Å². The molecule has 0 aliphatic rings. The molecule has 3 rings (SSSR count). The Morgan fingerprint density at radius 1 is 1.00 bits per heavy atom. The Morgan fingerprint density at radius 3 is 2.18 bits per heavy atom. The van der Waals surface area contributed by atoms with Gasteiger partial charge in [-0.15, -0.1) is 0 Å². The molecule has 9 nitrogen and oxygen atoms in total. The van der Waals surface area contributed by atoms with Crippen molar-refractivity contribution in [1.29, 1.82) is 0 Å². The van der Waals surface area contributed by atoms with E-state index >= 15 is 0 Å². The van der Waals surface area contributed by atoms with Crippen molar-refractivity contribution in [2.75, 3.05) is 25.7 Å². The van der Waals surface area contributed by atoms with Gasteiger partial charge in [0.05, 0.1) is 19.8 Å². The molecule has 3 aromatic rings. The van der Waals surface area contributed by atoms with Gasteiger partial charge in [-0.3, -0.25) is 0 Å². The summed E-state index contributed by atoms with van der Waals surface area (Å²) < 4.78 is 22.5. The van der Waals surface area contributed by atoms with E-state index in [1.54, 1.807) is 0 Å². The molecule has 0 spiro atoms. The van der Waals surface area contributed by atoms with Crippen molar-refractivity contribution < 1.29 is 82.9 Å². The SMILES string of the molecule is COc1c(P(=O)([O-])[O-])cc(Cc2cnc(N)nc2N)c(C#Cc2ccccc2)c1OC.[Na+].[Na+]. The summed E-state index contributed by atoms with van der Waals surface area (Å²) in [5, 5.41) is -0.540. The third-order valence-electron chi connectivity index (χ3n) is 4.40. The van der Waals surface area contributed by atoms with Gasteiger partial charge < -0.3 is 35.3 Å². The normalized spacial score (nSPS) is 10.2. The molecule has 0 unspecified atom stereocenters. The molecule has 0 saturated carbocycles. The third-order valence-corrected chi connectivity index (χ3v) is 5.33. The molecule has 0 bridgehead atoms. The molecular weight excluding hydrogens is 465 g/mol. The fraction of sp³-hybridized carbons (Fsp3) is 0.143. The van der Waals surface area contributed by atoms with Crippen LogP contribution < -0.4 is 95.1 Å². The van der Waals surface area contributed by atoms with E-state index < -0.39 is 12.9 Å². The zero-order valence-corrected chi connectivity index (χ0v) is 23.7. The van der Waals surface area contributed by atoms with Crippen LogP contribution in [0.2, 0.25) is 0 Å². The zero-order chi connectivity index (χ0) is 22.6. The number of hydrogen-bond acceptors (Lipinski definition) is 9. The molecule has 33 heavy (non-hydrogen) atoms. The molecule has 1 heterocycles. The number of hydrogen-bond donors (Lipinski definition) is 2. The summed E-state index contributed by atoms with van der Waals surface area (Å²) in [4.78, 5) is 31.7. The molecule has 0 amide bonds. The van der Waals surface area contributed by atoms with Crippen LogP contribution in [0.4, 0.5) is 11.8 Å². The van der Waals surface area contributed by atoms with Crippen molar-refractivity contribution in [3.8, 4) is 23.3 Å². The van der Waals surface area contributed by atoms with Crippen molar-refractivity contribution in [2.24, 2.45) is 0 Å². The van der Waals surface area contributed by atoms with Crippen molar-refractivity contribution in [3.63, 3.8) is 0 Å². The summed E-state index contributed by atoms with van der Waals surface area (Å²) >= 11 is 0. The van der Waals surface area contributed by atoms with E-state index in [1.807, 2.05) is 30.3 Å². The van der Waals surface area contributed by atoms with E-state index in [0.29, 0.717) is 16.7 Å². The Hall–Kier alpha value is -1.57. The van der Waals surface area contributed by atoms with Crippen molar-refractivity contribution >= 4 is 24.7 Å². The summed E-state index contributed by atoms with van der Waals surface area (Å²) in [6.07, 6.45) is 1.51. The summed E-state index contributed by atoms with van der Waals surface area (Å²) in [6, 6.07) is 10.4. The fourth-order valence-corrected chi connectivity index (χ4v) is 3.74. The zero-order valence-electron chi connectivity index (χ0n) is 18.8. The van der Waals surface area contributed by atoms with Gasteiger partial charge in [-0.25, -0.2) is 4.98 Å². The molecule has 160 valence electrons. The molecule has 0 saturated heterocycles. The minimum atomic E-state index is -5.20. The van der Waals surface area contributed by atoms with E-state index in [9.17, 15) is 14.4 Å². The number of anilines is 2. The number of nitrogens with zero attached hydrogens (tertiary/aromatic N) is 2. The van der Waals surface area contributed by atoms with Crippen LogP contribution in [-0.2, 0) is 11.0 Å². The maximum absolute atomic E-state index is 11.9. The van der Waals surface area contributed by atoms with Gasteiger partial charge in [-0.05, 0) is 31.4 Å². The molecule has 1 aromatic heterocycles. The van der Waals surface area contributed by atoms with Gasteiger partial charge in [0.2, 0.25) is 5.95 Å². The van der Waals surface area contributed by atoms with Crippen LogP contribution in [0.25, 0.3) is 0 Å². The monoisotopic (exact) mass is 484 g/mol. The van der Waals surface area contributed by atoms with Gasteiger partial charge in [-0.1, -0.05) is 30.0 Å². The van der Waals surface area contributed by atoms with Crippen LogP contribution in [0.1, 0.15) is 22.3 Å². The smallest absolute Gasteiger partial charge is 0.807 e. The third kappa shape index (κ3) is 7.20. The number of benzene rings is 2. The van der Waals surface area contributed by atoms with E-state index in [4.69, 9.17) is 20.9 Å². The summed E-state index contributed by atoms with van der Waals surface area (Å²) in [6.45, 7) is 0. The van der Waals surface area contributed by atoms with Crippen molar-refractivity contribution in [1.82, 2.24) is 9.97 Å². The molecule has 0 atom stereocenters. The Labute approximate surface area is 236 Å². The first-order chi connectivity index (χ1) is 14.7. The number of rotatable bonds is 5. The Morgan fingerprint density at radius 2 is 1.64 bits per heavy atom. The average Bonchev–Trinajstić information content (AvgIpc) is 2.73. The quantitative estimate of drug-likeness (QED) is 0.204. The average molecular weight is 484 g/mol. The maximum atomic E-state index is 11.9. The summed E-state index contributed by atoms with van der Waals surface area (Å²) in [7, 11) is -2.62. The van der Waals surface area contributed by atoms with Crippen LogP contribution in [0.5, 0.6) is 11.5 Å². The Bertz CT molecular complexity index is 1230. The largest absolute Gasteiger partial charge is 1.00 e. The second kappa shape index (κ2) is 12.8. The molecule has 4 N–H and O–H groups in total. The van der Waals surface area contributed by atoms with Crippen LogP contribution in [0.3, 0.4) is 0 Å². The van der Waals surface area contributed by atoms with E-state index in [1.165, 1.54) is 26.5 Å². The van der Waals surface area contributed by atoms with E-state index in [0.717, 1.165) is 5.56 Å². The number of methoxy groups -OCH3 is 2. The maximum Gasteiger partial charge on any atom is 1.00 e. The van der Waals surface area contributed by atoms with Gasteiger partial charge in [0, 0.05) is 29.0 Å². The molecule has 0 radical (unpaired) electrons. The summed E-state index contributed by atoms with van der Waals surface area (Å²) in [5.41, 5.74) is 13.4. The van der Waals surface area contributed by atoms with Crippen molar-refractivity contribution in [2.45, 2.75) is 6.42 Å². The minimum Gasteiger partial charge on any atom is -0.807 e. The Kier molecular flexibility index (Phi) is 11.4. The van der Waals surface area contributed by atoms with Crippen molar-refractivity contribution in [3.05, 3.63) is 64.8 Å². The fourth-order valence-electron chi connectivity index (χ4n) is 2.98. The second-order valence-corrected chi connectivity index (χ2v) is 7.90. The molecular formula is C21H19N4Na2O5P. The topological polar surface area (TPSA) is 159 Å². The predicted octanol–water partition coefficient (Wildman–Crippen LogP) is -5.80. The van der Waals surface area contributed by atoms with E-state index in [2.05, 4.69) is 21.8 Å². The predicted molar refractivity (Wildman–Crippen MR) is 113 cm³/mol. The van der Waals surface area contributed by atoms with Crippen LogP contribution >= 0.6 is 7.60 Å². The van der Waals surface area contributed by atoms with Crippen LogP contribution in [0, 0.1) is 11.8 Å². The second-order valence-electron chi connectivity index (χ2n) is 6.43. The number of nitrogen functional groups attached to an aromatic ring is 2. The molecule has 0 aliphatic carbocycles. The minimum absolute atomic E-state index is 0. The van der Waals surface area contributed by atoms with Crippen LogP contribution in [0.15, 0.2) is 42.6 Å². The summed E-state index contributed by atoms with van der Waals surface area (Å²) in [5.74, 6) is 5.94. The van der Waals surface area contributed by atoms with Gasteiger partial charge in [0.25, 0.3) is 0 Å². The van der Waals surface area contributed by atoms with E-state index in [-0.39, 0.29) is 88.8 Å². The first-order valence-electron chi connectivity index (χ1n) is 8.99. The number of ether oxygens (including phenoxy) is 2. The van der Waals surface area contributed by atoms with Crippen LogP contribution in [-0.4, -0.2) is 24.2 Å².